The molecule has 0 spiro atoms. The second-order valence-corrected chi connectivity index (χ2v) is 9.77. The zero-order valence-electron chi connectivity index (χ0n) is 20.8. The lowest BCUT2D eigenvalue weighted by Gasteiger charge is -2.34. The molecule has 1 aliphatic carbocycles. The molecule has 2 N–H and O–H groups in total. The monoisotopic (exact) mass is 555 g/mol. The van der Waals surface area contributed by atoms with Crippen LogP contribution in [0.5, 0.6) is 0 Å². The summed E-state index contributed by atoms with van der Waals surface area (Å²) in [5, 5.41) is 5.38. The van der Waals surface area contributed by atoms with Gasteiger partial charge >= 0.3 is 6.18 Å². The first-order valence-corrected chi connectivity index (χ1v) is 12.7. The molecular weight excluding hydrogens is 531 g/mol. The van der Waals surface area contributed by atoms with E-state index in [1.54, 1.807) is 0 Å². The summed E-state index contributed by atoms with van der Waals surface area (Å²) in [5.41, 5.74) is 2.31. The van der Waals surface area contributed by atoms with Crippen molar-refractivity contribution in [2.75, 3.05) is 17.2 Å². The summed E-state index contributed by atoms with van der Waals surface area (Å²) in [4.78, 5) is 32.6. The third-order valence-electron chi connectivity index (χ3n) is 6.87. The van der Waals surface area contributed by atoms with Crippen molar-refractivity contribution in [3.05, 3.63) is 100 Å². The van der Waals surface area contributed by atoms with Gasteiger partial charge in [0.1, 0.15) is 11.5 Å². The lowest BCUT2D eigenvalue weighted by molar-refractivity contribution is -0.137. The van der Waals surface area contributed by atoms with Crippen LogP contribution in [0.3, 0.4) is 0 Å². The topological polar surface area (TPSA) is 79.3 Å². The van der Waals surface area contributed by atoms with E-state index in [-0.39, 0.29) is 22.0 Å². The van der Waals surface area contributed by atoms with E-state index in [9.17, 15) is 22.8 Å². The molecule has 39 heavy (non-hydrogen) atoms. The van der Waals surface area contributed by atoms with Gasteiger partial charge in [-0.2, -0.15) is 13.2 Å². The summed E-state index contributed by atoms with van der Waals surface area (Å²) < 4.78 is 40.9. The first-order chi connectivity index (χ1) is 18.6. The number of benzene rings is 2. The number of fused-ring (bicyclic) bond motifs is 1. The molecule has 7 nitrogen and oxygen atoms in total. The summed E-state index contributed by atoms with van der Waals surface area (Å²) in [7, 11) is 0. The molecule has 1 fully saturated rings. The average Bonchev–Trinajstić information content (AvgIpc) is 3.30. The number of hydrogen-bond donors (Lipinski definition) is 2. The van der Waals surface area contributed by atoms with Crippen molar-refractivity contribution in [1.82, 2.24) is 14.5 Å². The van der Waals surface area contributed by atoms with Gasteiger partial charge in [-0.25, -0.2) is 4.98 Å². The molecule has 0 unspecified atom stereocenters. The van der Waals surface area contributed by atoms with Crippen LogP contribution >= 0.6 is 11.6 Å². The normalized spacial score (nSPS) is 14.8. The fourth-order valence-corrected chi connectivity index (χ4v) is 4.84. The summed E-state index contributed by atoms with van der Waals surface area (Å²) in [6.07, 6.45) is 2.21. The second kappa shape index (κ2) is 10.6. The third-order valence-corrected chi connectivity index (χ3v) is 7.20. The van der Waals surface area contributed by atoms with E-state index in [0.29, 0.717) is 25.3 Å². The predicted octanol–water partition coefficient (Wildman–Crippen LogP) is 6.50. The molecule has 2 amide bonds. The maximum atomic E-state index is 13.2. The Bertz CT molecular complexity index is 1490. The van der Waals surface area contributed by atoms with Crippen molar-refractivity contribution in [3.8, 4) is 0 Å². The fraction of sp³-hybridized carbons (Fsp3) is 0.250. The number of allylic oxidation sites excluding steroid dienone is 2. The number of hydrogen-bond acceptors (Lipinski definition) is 4. The SMILES string of the molecule is C=CC(=C1CCC1)N1CCn2c(C(=O)Nc3cc(C(=O)Nc4cccc(C(F)(F)F)c4)ccc3Cl)cnc2C1. The number of halogens is 4. The largest absolute Gasteiger partial charge is 0.416 e. The zero-order valence-corrected chi connectivity index (χ0v) is 21.6. The van der Waals surface area contributed by atoms with Crippen LogP contribution in [-0.2, 0) is 19.3 Å². The molecule has 11 heteroatoms. The number of nitrogens with one attached hydrogen (secondary N) is 2. The molecule has 2 heterocycles. The van der Waals surface area contributed by atoms with Gasteiger partial charge in [-0.05, 0) is 67.3 Å². The molecule has 1 saturated carbocycles. The second-order valence-electron chi connectivity index (χ2n) is 9.36. The molecule has 2 aromatic carbocycles. The zero-order chi connectivity index (χ0) is 27.7. The number of carbonyl (C=O) groups excluding carboxylic acids is 2. The van der Waals surface area contributed by atoms with Gasteiger partial charge in [-0.15, -0.1) is 0 Å². The van der Waals surface area contributed by atoms with Gasteiger partial charge in [-0.3, -0.25) is 9.59 Å². The van der Waals surface area contributed by atoms with E-state index >= 15 is 0 Å². The van der Waals surface area contributed by atoms with Crippen LogP contribution in [-0.4, -0.2) is 32.8 Å². The number of alkyl halides is 3. The molecule has 0 bridgehead atoms. The van der Waals surface area contributed by atoms with Crippen LogP contribution in [0.1, 0.15) is 51.5 Å². The van der Waals surface area contributed by atoms with Gasteiger partial charge in [0.2, 0.25) is 0 Å². The minimum absolute atomic E-state index is 0.0112. The summed E-state index contributed by atoms with van der Waals surface area (Å²) in [5.74, 6) is -0.339. The van der Waals surface area contributed by atoms with E-state index in [1.165, 1.54) is 48.5 Å². The van der Waals surface area contributed by atoms with Crippen molar-refractivity contribution < 1.29 is 22.8 Å². The third kappa shape index (κ3) is 5.56. The highest BCUT2D eigenvalue weighted by atomic mass is 35.5. The number of nitrogens with zero attached hydrogens (tertiary/aromatic N) is 3. The van der Waals surface area contributed by atoms with Crippen molar-refractivity contribution in [2.45, 2.75) is 38.5 Å². The van der Waals surface area contributed by atoms with Crippen molar-refractivity contribution in [3.63, 3.8) is 0 Å². The van der Waals surface area contributed by atoms with Gasteiger partial charge in [0.15, 0.2) is 0 Å². The Morgan fingerprint density at radius 1 is 1.05 bits per heavy atom. The van der Waals surface area contributed by atoms with E-state index in [0.717, 1.165) is 36.5 Å². The van der Waals surface area contributed by atoms with E-state index < -0.39 is 23.6 Å². The van der Waals surface area contributed by atoms with Gasteiger partial charge in [0.25, 0.3) is 11.8 Å². The molecule has 2 aliphatic rings. The van der Waals surface area contributed by atoms with Crippen LogP contribution in [0, 0.1) is 0 Å². The molecule has 0 radical (unpaired) electrons. The molecule has 0 saturated heterocycles. The van der Waals surface area contributed by atoms with Crippen LogP contribution in [0.25, 0.3) is 0 Å². The summed E-state index contributed by atoms with van der Waals surface area (Å²) in [6, 6.07) is 8.57. The number of anilines is 2. The number of rotatable bonds is 6. The first-order valence-electron chi connectivity index (χ1n) is 12.4. The van der Waals surface area contributed by atoms with Crippen LogP contribution in [0.2, 0.25) is 5.02 Å². The maximum absolute atomic E-state index is 13.2. The molecule has 5 rings (SSSR count). The number of amides is 2. The molecular formula is C28H25ClF3N5O2. The van der Waals surface area contributed by atoms with Crippen LogP contribution in [0.4, 0.5) is 24.5 Å². The highest BCUT2D eigenvalue weighted by Gasteiger charge is 2.30. The summed E-state index contributed by atoms with van der Waals surface area (Å²) >= 11 is 6.28. The molecule has 0 atom stereocenters. The van der Waals surface area contributed by atoms with Crippen molar-refractivity contribution in [2.24, 2.45) is 0 Å². The Hall–Kier alpha value is -4.05. The average molecular weight is 556 g/mol. The van der Waals surface area contributed by atoms with Crippen LogP contribution < -0.4 is 10.6 Å². The highest BCUT2D eigenvalue weighted by Crippen LogP contribution is 2.33. The van der Waals surface area contributed by atoms with Gasteiger partial charge in [-0.1, -0.05) is 24.2 Å². The minimum Gasteiger partial charge on any atom is -0.362 e. The molecule has 3 aromatic rings. The highest BCUT2D eigenvalue weighted by molar-refractivity contribution is 6.34. The summed E-state index contributed by atoms with van der Waals surface area (Å²) in [6.45, 7) is 5.80. The van der Waals surface area contributed by atoms with Gasteiger partial charge in [0, 0.05) is 30.0 Å². The smallest absolute Gasteiger partial charge is 0.362 e. The standard InChI is InChI=1S/C28H25ClF3N5O2/c1-2-23(17-5-3-6-17)36-11-12-37-24(15-33-25(37)16-36)27(39)35-22-13-18(9-10-21(22)29)26(38)34-20-8-4-7-19(14-20)28(30,31)32/h2,4,7-10,13-15H,1,3,5-6,11-12,16H2,(H,34,38)(H,35,39). The molecule has 202 valence electrons. The van der Waals surface area contributed by atoms with E-state index in [4.69, 9.17) is 11.6 Å². The Labute approximate surface area is 228 Å². The quantitative estimate of drug-likeness (QED) is 0.364. The lowest BCUT2D eigenvalue weighted by Crippen LogP contribution is -2.35. The Morgan fingerprint density at radius 2 is 1.85 bits per heavy atom. The van der Waals surface area contributed by atoms with Gasteiger partial charge in [0.05, 0.1) is 29.0 Å². The Morgan fingerprint density at radius 3 is 2.54 bits per heavy atom. The van der Waals surface area contributed by atoms with E-state index in [1.807, 2.05) is 10.6 Å². The minimum atomic E-state index is -4.54. The maximum Gasteiger partial charge on any atom is 0.416 e. The molecule has 1 aromatic heterocycles. The Kier molecular flexibility index (Phi) is 7.22. The fourth-order valence-electron chi connectivity index (χ4n) is 4.68. The number of carbonyl (C=O) groups is 2. The molecule has 1 aliphatic heterocycles. The first kappa shape index (κ1) is 26.6. The van der Waals surface area contributed by atoms with E-state index in [2.05, 4.69) is 27.1 Å². The number of imidazole rings is 1. The van der Waals surface area contributed by atoms with Crippen molar-refractivity contribution in [1.29, 1.82) is 0 Å². The Balaban J connectivity index is 1.30. The number of aromatic nitrogens is 2. The van der Waals surface area contributed by atoms with Crippen LogP contribution in [0.15, 0.2) is 72.6 Å². The lowest BCUT2D eigenvalue weighted by atomic mass is 9.90. The predicted molar refractivity (Wildman–Crippen MR) is 143 cm³/mol. The van der Waals surface area contributed by atoms with Gasteiger partial charge < -0.3 is 20.1 Å². The van der Waals surface area contributed by atoms with Crippen molar-refractivity contribution >= 4 is 34.8 Å².